The fourth-order valence-electron chi connectivity index (χ4n) is 2.69. The molecule has 2 rings (SSSR count). The second-order valence-corrected chi connectivity index (χ2v) is 8.46. The molecule has 134 valence electrons. The van der Waals surface area contributed by atoms with Crippen LogP contribution in [-0.4, -0.2) is 16.0 Å². The molecule has 0 unspecified atom stereocenters. The average molecular weight is 340 g/mol. The lowest BCUT2D eigenvalue weighted by molar-refractivity contribution is 0.0950. The van der Waals surface area contributed by atoms with Crippen LogP contribution in [0.15, 0.2) is 36.7 Å². The monoisotopic (exact) mass is 340 g/mol. The molecule has 0 spiro atoms. The van der Waals surface area contributed by atoms with Gasteiger partial charge < -0.3 is 10.4 Å². The van der Waals surface area contributed by atoms with Crippen LogP contribution in [0.1, 0.15) is 68.6 Å². The summed E-state index contributed by atoms with van der Waals surface area (Å²) < 4.78 is 0. The number of carbonyl (C=O) groups is 1. The maximum absolute atomic E-state index is 12.7. The largest absolute Gasteiger partial charge is 0.507 e. The van der Waals surface area contributed by atoms with E-state index in [4.69, 9.17) is 0 Å². The van der Waals surface area contributed by atoms with Crippen LogP contribution in [0.2, 0.25) is 0 Å². The number of carbonyl (C=O) groups excluding carboxylic acids is 1. The average Bonchev–Trinajstić information content (AvgIpc) is 2.51. The lowest BCUT2D eigenvalue weighted by Crippen LogP contribution is -2.25. The maximum atomic E-state index is 12.7. The Bertz CT molecular complexity index is 719. The van der Waals surface area contributed by atoms with Crippen molar-refractivity contribution < 1.29 is 9.90 Å². The Morgan fingerprint density at radius 3 is 1.92 bits per heavy atom. The fraction of sp³-hybridized carbons (Fsp3) is 0.429. The van der Waals surface area contributed by atoms with E-state index < -0.39 is 0 Å². The number of pyridine rings is 1. The Morgan fingerprint density at radius 2 is 1.48 bits per heavy atom. The zero-order valence-corrected chi connectivity index (χ0v) is 16.0. The van der Waals surface area contributed by atoms with E-state index >= 15 is 0 Å². The summed E-state index contributed by atoms with van der Waals surface area (Å²) in [5, 5.41) is 13.7. The van der Waals surface area contributed by atoms with Crippen molar-refractivity contribution in [3.8, 4) is 5.75 Å². The Balaban J connectivity index is 2.38. The predicted octanol–water partition coefficient (Wildman–Crippen LogP) is 4.31. The van der Waals surface area contributed by atoms with Crippen molar-refractivity contribution in [1.82, 2.24) is 10.3 Å². The minimum Gasteiger partial charge on any atom is -0.507 e. The van der Waals surface area contributed by atoms with E-state index in [9.17, 15) is 9.90 Å². The first-order chi connectivity index (χ1) is 11.5. The standard InChI is InChI=1S/C21H28N2O2/c1-20(2,3)16-11-15(12-17(18(16)24)21(4,5)6)19(25)23-13-14-7-9-22-10-8-14/h7-12,24H,13H2,1-6H3,(H,23,25). The number of hydrogen-bond donors (Lipinski definition) is 2. The van der Waals surface area contributed by atoms with Crippen LogP contribution in [0.3, 0.4) is 0 Å². The SMILES string of the molecule is CC(C)(C)c1cc(C(=O)NCc2ccncc2)cc(C(C)(C)C)c1O. The van der Waals surface area contributed by atoms with Gasteiger partial charge in [-0.05, 0) is 40.7 Å². The van der Waals surface area contributed by atoms with Crippen LogP contribution in [0, 0.1) is 0 Å². The van der Waals surface area contributed by atoms with Crippen molar-refractivity contribution in [2.24, 2.45) is 0 Å². The maximum Gasteiger partial charge on any atom is 0.251 e. The number of nitrogens with one attached hydrogen (secondary N) is 1. The lowest BCUT2D eigenvalue weighted by atomic mass is 9.78. The van der Waals surface area contributed by atoms with Crippen molar-refractivity contribution >= 4 is 5.91 Å². The van der Waals surface area contributed by atoms with Gasteiger partial charge in [0.05, 0.1) is 0 Å². The molecule has 1 aromatic carbocycles. The number of phenols is 1. The molecule has 0 saturated heterocycles. The fourth-order valence-corrected chi connectivity index (χ4v) is 2.69. The molecule has 4 nitrogen and oxygen atoms in total. The van der Waals surface area contributed by atoms with Gasteiger partial charge in [0.15, 0.2) is 0 Å². The molecule has 2 aromatic rings. The lowest BCUT2D eigenvalue weighted by Gasteiger charge is -2.28. The first-order valence-corrected chi connectivity index (χ1v) is 8.55. The first kappa shape index (κ1) is 19.0. The molecule has 0 saturated carbocycles. The van der Waals surface area contributed by atoms with E-state index in [-0.39, 0.29) is 22.5 Å². The minimum absolute atomic E-state index is 0.146. The van der Waals surface area contributed by atoms with Crippen molar-refractivity contribution in [2.45, 2.75) is 58.9 Å². The van der Waals surface area contributed by atoms with Gasteiger partial charge >= 0.3 is 0 Å². The molecule has 0 fully saturated rings. The number of aromatic hydroxyl groups is 1. The van der Waals surface area contributed by atoms with E-state index in [0.717, 1.165) is 16.7 Å². The molecule has 1 amide bonds. The Morgan fingerprint density at radius 1 is 1.00 bits per heavy atom. The van der Waals surface area contributed by atoms with Gasteiger partial charge in [0, 0.05) is 35.6 Å². The van der Waals surface area contributed by atoms with Gasteiger partial charge in [-0.2, -0.15) is 0 Å². The number of amides is 1. The van der Waals surface area contributed by atoms with Gasteiger partial charge in [0.25, 0.3) is 5.91 Å². The number of nitrogens with zero attached hydrogens (tertiary/aromatic N) is 1. The normalized spacial score (nSPS) is 12.1. The van der Waals surface area contributed by atoms with Gasteiger partial charge in [-0.1, -0.05) is 41.5 Å². The van der Waals surface area contributed by atoms with Crippen molar-refractivity contribution in [2.75, 3.05) is 0 Å². The summed E-state index contributed by atoms with van der Waals surface area (Å²) in [7, 11) is 0. The van der Waals surface area contributed by atoms with Crippen molar-refractivity contribution in [3.63, 3.8) is 0 Å². The van der Waals surface area contributed by atoms with Crippen LogP contribution < -0.4 is 5.32 Å². The molecule has 4 heteroatoms. The van der Waals surface area contributed by atoms with E-state index in [1.54, 1.807) is 24.5 Å². The predicted molar refractivity (Wildman–Crippen MR) is 101 cm³/mol. The third-order valence-electron chi connectivity index (χ3n) is 4.19. The highest BCUT2D eigenvalue weighted by Crippen LogP contribution is 2.39. The molecule has 0 atom stereocenters. The van der Waals surface area contributed by atoms with Crippen molar-refractivity contribution in [1.29, 1.82) is 0 Å². The zero-order valence-electron chi connectivity index (χ0n) is 16.0. The second kappa shape index (κ2) is 6.87. The molecule has 0 radical (unpaired) electrons. The smallest absolute Gasteiger partial charge is 0.251 e. The van der Waals surface area contributed by atoms with Gasteiger partial charge in [-0.3, -0.25) is 9.78 Å². The van der Waals surface area contributed by atoms with Crippen molar-refractivity contribution in [3.05, 3.63) is 58.9 Å². The molecule has 0 aliphatic carbocycles. The Hall–Kier alpha value is -2.36. The van der Waals surface area contributed by atoms with Gasteiger partial charge in [0.1, 0.15) is 5.75 Å². The van der Waals surface area contributed by atoms with E-state index in [0.29, 0.717) is 12.1 Å². The molecular formula is C21H28N2O2. The minimum atomic E-state index is -0.258. The number of benzene rings is 1. The summed E-state index contributed by atoms with van der Waals surface area (Å²) in [6.07, 6.45) is 3.41. The van der Waals surface area contributed by atoms with E-state index in [1.165, 1.54) is 0 Å². The van der Waals surface area contributed by atoms with E-state index in [1.807, 2.05) is 53.7 Å². The first-order valence-electron chi connectivity index (χ1n) is 8.55. The molecule has 1 heterocycles. The molecular weight excluding hydrogens is 312 g/mol. The summed E-state index contributed by atoms with van der Waals surface area (Å²) in [5.74, 6) is 0.137. The van der Waals surface area contributed by atoms with Crippen LogP contribution >= 0.6 is 0 Å². The number of hydrogen-bond acceptors (Lipinski definition) is 3. The van der Waals surface area contributed by atoms with Crippen LogP contribution in [0.4, 0.5) is 0 Å². The molecule has 0 aliphatic rings. The highest BCUT2D eigenvalue weighted by atomic mass is 16.3. The third-order valence-corrected chi connectivity index (χ3v) is 4.19. The molecule has 1 aromatic heterocycles. The molecule has 2 N–H and O–H groups in total. The van der Waals surface area contributed by atoms with Crippen LogP contribution in [-0.2, 0) is 17.4 Å². The number of rotatable bonds is 3. The van der Waals surface area contributed by atoms with Gasteiger partial charge in [-0.25, -0.2) is 0 Å². The Labute approximate surface area is 150 Å². The number of aromatic nitrogens is 1. The van der Waals surface area contributed by atoms with Gasteiger partial charge in [0.2, 0.25) is 0 Å². The van der Waals surface area contributed by atoms with Gasteiger partial charge in [-0.15, -0.1) is 0 Å². The summed E-state index contributed by atoms with van der Waals surface area (Å²) >= 11 is 0. The second-order valence-electron chi connectivity index (χ2n) is 8.46. The third kappa shape index (κ3) is 4.59. The quantitative estimate of drug-likeness (QED) is 0.875. The number of phenolic OH excluding ortho intramolecular Hbond substituents is 1. The summed E-state index contributed by atoms with van der Waals surface area (Å²) in [4.78, 5) is 16.7. The molecule has 0 bridgehead atoms. The molecule has 25 heavy (non-hydrogen) atoms. The zero-order chi connectivity index (χ0) is 18.8. The van der Waals surface area contributed by atoms with E-state index in [2.05, 4.69) is 10.3 Å². The summed E-state index contributed by atoms with van der Waals surface area (Å²) in [6, 6.07) is 7.34. The summed E-state index contributed by atoms with van der Waals surface area (Å²) in [5.41, 5.74) is 2.62. The van der Waals surface area contributed by atoms with Crippen LogP contribution in [0.25, 0.3) is 0 Å². The Kier molecular flexibility index (Phi) is 5.21. The highest BCUT2D eigenvalue weighted by molar-refractivity contribution is 5.95. The topological polar surface area (TPSA) is 62.2 Å². The molecule has 0 aliphatic heterocycles. The highest BCUT2D eigenvalue weighted by Gasteiger charge is 2.27. The summed E-state index contributed by atoms with van der Waals surface area (Å²) in [6.45, 7) is 12.7. The van der Waals surface area contributed by atoms with Crippen LogP contribution in [0.5, 0.6) is 5.75 Å².